The first-order valence-corrected chi connectivity index (χ1v) is 6.69. The van der Waals surface area contributed by atoms with Crippen LogP contribution in [0.25, 0.3) is 0 Å². The summed E-state index contributed by atoms with van der Waals surface area (Å²) in [6.07, 6.45) is 0.579. The summed E-state index contributed by atoms with van der Waals surface area (Å²) in [5.74, 6) is -0.671. The Labute approximate surface area is 124 Å². The molecule has 114 valence electrons. The van der Waals surface area contributed by atoms with Crippen molar-refractivity contribution in [1.82, 2.24) is 10.7 Å². The van der Waals surface area contributed by atoms with E-state index in [9.17, 15) is 9.59 Å². The Morgan fingerprint density at radius 2 is 1.81 bits per heavy atom. The van der Waals surface area contributed by atoms with E-state index >= 15 is 0 Å². The van der Waals surface area contributed by atoms with Crippen molar-refractivity contribution >= 4 is 17.5 Å². The molecule has 1 rings (SSSR count). The predicted molar refractivity (Wildman–Crippen MR) is 81.2 cm³/mol. The number of benzene rings is 1. The van der Waals surface area contributed by atoms with Crippen LogP contribution in [-0.4, -0.2) is 30.7 Å². The van der Waals surface area contributed by atoms with Gasteiger partial charge in [-0.1, -0.05) is 12.1 Å². The Bertz CT molecular complexity index is 521. The number of ether oxygens (including phenoxy) is 1. The van der Waals surface area contributed by atoms with Gasteiger partial charge in [-0.05, 0) is 38.5 Å². The first-order chi connectivity index (χ1) is 9.92. The van der Waals surface area contributed by atoms with Gasteiger partial charge >= 0.3 is 11.8 Å². The van der Waals surface area contributed by atoms with E-state index in [-0.39, 0.29) is 6.04 Å². The van der Waals surface area contributed by atoms with Gasteiger partial charge in [-0.15, -0.1) is 0 Å². The van der Waals surface area contributed by atoms with E-state index in [2.05, 4.69) is 15.8 Å². The Balaban J connectivity index is 2.52. The molecular formula is C15H21N3O3. The van der Waals surface area contributed by atoms with Gasteiger partial charge in [-0.25, -0.2) is 5.43 Å². The van der Waals surface area contributed by atoms with Crippen LogP contribution in [0, 0.1) is 0 Å². The van der Waals surface area contributed by atoms with Gasteiger partial charge in [-0.3, -0.25) is 9.59 Å². The molecule has 0 aliphatic heterocycles. The molecule has 0 saturated carbocycles. The summed E-state index contributed by atoms with van der Waals surface area (Å²) in [6.45, 7) is 5.34. The molecule has 0 atom stereocenters. The highest BCUT2D eigenvalue weighted by atomic mass is 16.5. The fourth-order valence-electron chi connectivity index (χ4n) is 1.60. The average molecular weight is 291 g/mol. The zero-order valence-electron chi connectivity index (χ0n) is 12.8. The SMILES string of the molecule is COc1ccc(C/C(C)=N\NC(=O)C(=O)NC(C)C)cc1. The number of carbonyl (C=O) groups is 2. The van der Waals surface area contributed by atoms with E-state index in [0.717, 1.165) is 11.3 Å². The molecule has 0 aliphatic carbocycles. The van der Waals surface area contributed by atoms with Crippen LogP contribution >= 0.6 is 0 Å². The number of amides is 2. The van der Waals surface area contributed by atoms with Crippen molar-refractivity contribution in [1.29, 1.82) is 0 Å². The van der Waals surface area contributed by atoms with Gasteiger partial charge in [0.15, 0.2) is 0 Å². The van der Waals surface area contributed by atoms with Crippen LogP contribution in [0.3, 0.4) is 0 Å². The molecule has 0 fully saturated rings. The summed E-state index contributed by atoms with van der Waals surface area (Å²) >= 11 is 0. The summed E-state index contributed by atoms with van der Waals surface area (Å²) in [5, 5.41) is 6.41. The molecule has 0 saturated heterocycles. The number of nitrogens with zero attached hydrogens (tertiary/aromatic N) is 1. The molecule has 1 aromatic rings. The van der Waals surface area contributed by atoms with Gasteiger partial charge in [0.05, 0.1) is 7.11 Å². The van der Waals surface area contributed by atoms with Crippen LogP contribution < -0.4 is 15.5 Å². The van der Waals surface area contributed by atoms with Crippen molar-refractivity contribution in [2.45, 2.75) is 33.2 Å². The van der Waals surface area contributed by atoms with Crippen molar-refractivity contribution in [3.63, 3.8) is 0 Å². The molecule has 0 unspecified atom stereocenters. The van der Waals surface area contributed by atoms with E-state index in [1.54, 1.807) is 27.9 Å². The van der Waals surface area contributed by atoms with Crippen LogP contribution in [0.4, 0.5) is 0 Å². The number of hydrogen-bond donors (Lipinski definition) is 2. The van der Waals surface area contributed by atoms with Gasteiger partial charge in [0.2, 0.25) is 0 Å². The number of methoxy groups -OCH3 is 1. The molecule has 2 N–H and O–H groups in total. The fourth-order valence-corrected chi connectivity index (χ4v) is 1.60. The lowest BCUT2D eigenvalue weighted by Gasteiger charge is -2.07. The van der Waals surface area contributed by atoms with Crippen LogP contribution in [0.15, 0.2) is 29.4 Å². The second-order valence-electron chi connectivity index (χ2n) is 4.94. The van der Waals surface area contributed by atoms with Crippen molar-refractivity contribution in [2.24, 2.45) is 5.10 Å². The Morgan fingerprint density at radius 1 is 1.19 bits per heavy atom. The maximum Gasteiger partial charge on any atom is 0.329 e. The first kappa shape index (κ1) is 16.7. The van der Waals surface area contributed by atoms with Crippen molar-refractivity contribution < 1.29 is 14.3 Å². The Kier molecular flexibility index (Phi) is 6.39. The smallest absolute Gasteiger partial charge is 0.329 e. The number of rotatable bonds is 5. The monoisotopic (exact) mass is 291 g/mol. The largest absolute Gasteiger partial charge is 0.497 e. The summed E-state index contributed by atoms with van der Waals surface area (Å²) in [7, 11) is 1.61. The summed E-state index contributed by atoms with van der Waals surface area (Å²) in [4.78, 5) is 22.9. The summed E-state index contributed by atoms with van der Waals surface area (Å²) < 4.78 is 5.08. The molecule has 0 aromatic heterocycles. The van der Waals surface area contributed by atoms with Gasteiger partial charge in [-0.2, -0.15) is 5.10 Å². The lowest BCUT2D eigenvalue weighted by atomic mass is 10.1. The van der Waals surface area contributed by atoms with E-state index < -0.39 is 11.8 Å². The van der Waals surface area contributed by atoms with Gasteiger partial charge < -0.3 is 10.1 Å². The standard InChI is InChI=1S/C15H21N3O3/c1-10(2)16-14(19)15(20)18-17-11(3)9-12-5-7-13(21-4)8-6-12/h5-8,10H,9H2,1-4H3,(H,16,19)(H,18,20)/b17-11-. The highest BCUT2D eigenvalue weighted by Gasteiger charge is 2.13. The summed E-state index contributed by atoms with van der Waals surface area (Å²) in [6, 6.07) is 7.47. The maximum absolute atomic E-state index is 11.5. The maximum atomic E-state index is 11.5. The highest BCUT2D eigenvalue weighted by Crippen LogP contribution is 2.11. The topological polar surface area (TPSA) is 79.8 Å². The van der Waals surface area contributed by atoms with E-state index in [1.165, 1.54) is 0 Å². The van der Waals surface area contributed by atoms with E-state index in [1.807, 2.05) is 24.3 Å². The molecular weight excluding hydrogens is 270 g/mol. The second-order valence-corrected chi connectivity index (χ2v) is 4.94. The van der Waals surface area contributed by atoms with Crippen molar-refractivity contribution in [2.75, 3.05) is 7.11 Å². The quantitative estimate of drug-likeness (QED) is 0.487. The zero-order chi connectivity index (χ0) is 15.8. The molecule has 2 amide bonds. The second kappa shape index (κ2) is 8.04. The van der Waals surface area contributed by atoms with Crippen molar-refractivity contribution in [3.8, 4) is 5.75 Å². The molecule has 0 radical (unpaired) electrons. The molecule has 6 nitrogen and oxygen atoms in total. The number of hydrazone groups is 1. The van der Waals surface area contributed by atoms with Crippen LogP contribution in [0.2, 0.25) is 0 Å². The normalized spacial score (nSPS) is 11.2. The zero-order valence-corrected chi connectivity index (χ0v) is 12.8. The molecule has 0 spiro atoms. The molecule has 21 heavy (non-hydrogen) atoms. The minimum absolute atomic E-state index is 0.0902. The van der Waals surface area contributed by atoms with Crippen LogP contribution in [-0.2, 0) is 16.0 Å². The average Bonchev–Trinajstić information content (AvgIpc) is 2.44. The number of carbonyl (C=O) groups excluding carboxylic acids is 2. The van der Waals surface area contributed by atoms with Crippen LogP contribution in [0.1, 0.15) is 26.3 Å². The summed E-state index contributed by atoms with van der Waals surface area (Å²) in [5.41, 5.74) is 3.98. The van der Waals surface area contributed by atoms with E-state index in [0.29, 0.717) is 12.1 Å². The third-order valence-electron chi connectivity index (χ3n) is 2.59. The van der Waals surface area contributed by atoms with Gasteiger partial charge in [0.25, 0.3) is 0 Å². The lowest BCUT2D eigenvalue weighted by molar-refractivity contribution is -0.139. The first-order valence-electron chi connectivity index (χ1n) is 6.69. The minimum Gasteiger partial charge on any atom is -0.497 e. The number of hydrogen-bond acceptors (Lipinski definition) is 4. The third-order valence-corrected chi connectivity index (χ3v) is 2.59. The van der Waals surface area contributed by atoms with Gasteiger partial charge in [0, 0.05) is 18.2 Å². The van der Waals surface area contributed by atoms with Crippen molar-refractivity contribution in [3.05, 3.63) is 29.8 Å². The Morgan fingerprint density at radius 3 is 2.33 bits per heavy atom. The fraction of sp³-hybridized carbons (Fsp3) is 0.400. The molecule has 1 aromatic carbocycles. The highest BCUT2D eigenvalue weighted by molar-refractivity contribution is 6.35. The molecule has 0 bridgehead atoms. The predicted octanol–water partition coefficient (Wildman–Crippen LogP) is 1.25. The molecule has 6 heteroatoms. The number of nitrogens with one attached hydrogen (secondary N) is 2. The minimum atomic E-state index is -0.766. The third kappa shape index (κ3) is 6.07. The van der Waals surface area contributed by atoms with Gasteiger partial charge in [0.1, 0.15) is 5.75 Å². The van der Waals surface area contributed by atoms with E-state index in [4.69, 9.17) is 4.74 Å². The lowest BCUT2D eigenvalue weighted by Crippen LogP contribution is -2.41. The molecule has 0 aliphatic rings. The van der Waals surface area contributed by atoms with Crippen LogP contribution in [0.5, 0.6) is 5.75 Å². The molecule has 0 heterocycles. The Hall–Kier alpha value is -2.37.